The van der Waals surface area contributed by atoms with Crippen molar-refractivity contribution in [3.63, 3.8) is 0 Å². The van der Waals surface area contributed by atoms with Gasteiger partial charge in [0.25, 0.3) is 0 Å². The van der Waals surface area contributed by atoms with Crippen molar-refractivity contribution >= 4 is 17.1 Å². The van der Waals surface area contributed by atoms with Crippen LogP contribution in [0, 0.1) is 0 Å². The summed E-state index contributed by atoms with van der Waals surface area (Å²) in [6, 6.07) is 8.73. The first-order valence-corrected chi connectivity index (χ1v) is 8.73. The van der Waals surface area contributed by atoms with Gasteiger partial charge in [-0.1, -0.05) is 26.0 Å². The molecular formula is C18H24N4O2. The molecule has 128 valence electrons. The summed E-state index contributed by atoms with van der Waals surface area (Å²) < 4.78 is 7.66. The number of likely N-dealkylation sites (tertiary alicyclic amines) is 1. The molecule has 2 aliphatic heterocycles. The summed E-state index contributed by atoms with van der Waals surface area (Å²) in [4.78, 5) is 21.2. The van der Waals surface area contributed by atoms with E-state index in [0.717, 1.165) is 24.4 Å². The van der Waals surface area contributed by atoms with E-state index in [-0.39, 0.29) is 6.03 Å². The number of hydrogen-bond donors (Lipinski definition) is 0. The molecule has 0 N–H and O–H groups in total. The Hall–Kier alpha value is -2.08. The number of para-hydroxylation sites is 2. The van der Waals surface area contributed by atoms with Crippen LogP contribution in [-0.4, -0.2) is 64.8 Å². The van der Waals surface area contributed by atoms with Gasteiger partial charge in [-0.05, 0) is 12.1 Å². The molecule has 1 aromatic heterocycles. The van der Waals surface area contributed by atoms with Crippen LogP contribution in [0.25, 0.3) is 11.0 Å². The molecule has 1 aromatic carbocycles. The maximum Gasteiger partial charge on any atom is 0.320 e. The van der Waals surface area contributed by atoms with Gasteiger partial charge >= 0.3 is 6.03 Å². The lowest BCUT2D eigenvalue weighted by molar-refractivity contribution is 0.0302. The average Bonchev–Trinajstić information content (AvgIpc) is 2.94. The molecule has 2 aromatic rings. The zero-order valence-electron chi connectivity index (χ0n) is 14.3. The number of aromatic nitrogens is 2. The topological polar surface area (TPSA) is 50.6 Å². The minimum absolute atomic E-state index is 0.144. The molecule has 6 nitrogen and oxygen atoms in total. The standard InChI is InChI=1S/C18H24N4O2/c1-13(2)17-19-15-5-3-4-6-16(15)22(17)14-11-21(12-14)18(23)20-7-9-24-10-8-20/h3-6,13-14H,7-12H2,1-2H3. The number of amides is 2. The van der Waals surface area contributed by atoms with E-state index in [1.165, 1.54) is 5.52 Å². The maximum absolute atomic E-state index is 12.5. The van der Waals surface area contributed by atoms with Crippen LogP contribution >= 0.6 is 0 Å². The van der Waals surface area contributed by atoms with Gasteiger partial charge in [0.05, 0.1) is 30.3 Å². The number of hydrogen-bond acceptors (Lipinski definition) is 3. The van der Waals surface area contributed by atoms with E-state index in [1.807, 2.05) is 15.9 Å². The SMILES string of the molecule is CC(C)c1nc2ccccc2n1C1CN(C(=O)N2CCOCC2)C1. The highest BCUT2D eigenvalue weighted by molar-refractivity contribution is 5.78. The van der Waals surface area contributed by atoms with Gasteiger partial charge in [-0.3, -0.25) is 0 Å². The molecule has 4 rings (SSSR count). The van der Waals surface area contributed by atoms with Crippen LogP contribution in [0.2, 0.25) is 0 Å². The number of imidazole rings is 1. The number of nitrogens with zero attached hydrogens (tertiary/aromatic N) is 4. The molecule has 0 atom stereocenters. The van der Waals surface area contributed by atoms with Crippen molar-refractivity contribution in [1.29, 1.82) is 0 Å². The molecule has 0 unspecified atom stereocenters. The molecule has 24 heavy (non-hydrogen) atoms. The fourth-order valence-electron chi connectivity index (χ4n) is 3.58. The van der Waals surface area contributed by atoms with Crippen LogP contribution in [0.4, 0.5) is 4.79 Å². The zero-order chi connectivity index (χ0) is 16.7. The fourth-order valence-corrected chi connectivity index (χ4v) is 3.58. The lowest BCUT2D eigenvalue weighted by atomic mass is 10.1. The Kier molecular flexibility index (Phi) is 3.92. The lowest BCUT2D eigenvalue weighted by Gasteiger charge is -2.43. The normalized spacial score (nSPS) is 19.1. The smallest absolute Gasteiger partial charge is 0.320 e. The molecule has 6 heteroatoms. The second-order valence-electron chi connectivity index (χ2n) is 6.92. The summed E-state index contributed by atoms with van der Waals surface area (Å²) in [5, 5.41) is 0. The summed E-state index contributed by atoms with van der Waals surface area (Å²) in [6.07, 6.45) is 0. The van der Waals surface area contributed by atoms with Crippen LogP contribution < -0.4 is 0 Å². The molecule has 0 spiro atoms. The molecule has 0 bridgehead atoms. The Morgan fingerprint density at radius 1 is 1.17 bits per heavy atom. The predicted molar refractivity (Wildman–Crippen MR) is 92.2 cm³/mol. The zero-order valence-corrected chi connectivity index (χ0v) is 14.3. The van der Waals surface area contributed by atoms with Crippen molar-refractivity contribution in [1.82, 2.24) is 19.4 Å². The Morgan fingerprint density at radius 2 is 1.88 bits per heavy atom. The summed E-state index contributed by atoms with van der Waals surface area (Å²) in [5.74, 6) is 1.47. The van der Waals surface area contributed by atoms with E-state index in [4.69, 9.17) is 9.72 Å². The first-order valence-electron chi connectivity index (χ1n) is 8.73. The van der Waals surface area contributed by atoms with Crippen molar-refractivity contribution in [3.05, 3.63) is 30.1 Å². The van der Waals surface area contributed by atoms with Crippen molar-refractivity contribution < 1.29 is 9.53 Å². The van der Waals surface area contributed by atoms with Gasteiger partial charge in [-0.25, -0.2) is 9.78 Å². The summed E-state index contributed by atoms with van der Waals surface area (Å²) in [6.45, 7) is 8.56. The van der Waals surface area contributed by atoms with Gasteiger partial charge in [0.2, 0.25) is 0 Å². The van der Waals surface area contributed by atoms with Crippen LogP contribution in [0.15, 0.2) is 24.3 Å². The van der Waals surface area contributed by atoms with Crippen LogP contribution in [0.5, 0.6) is 0 Å². The van der Waals surface area contributed by atoms with E-state index >= 15 is 0 Å². The van der Waals surface area contributed by atoms with Crippen molar-refractivity contribution in [2.75, 3.05) is 39.4 Å². The molecular weight excluding hydrogens is 304 g/mol. The van der Waals surface area contributed by atoms with Gasteiger partial charge < -0.3 is 19.1 Å². The highest BCUT2D eigenvalue weighted by atomic mass is 16.5. The lowest BCUT2D eigenvalue weighted by Crippen LogP contribution is -2.57. The number of fused-ring (bicyclic) bond motifs is 1. The summed E-state index contributed by atoms with van der Waals surface area (Å²) >= 11 is 0. The van der Waals surface area contributed by atoms with Crippen molar-refractivity contribution in [3.8, 4) is 0 Å². The Bertz CT molecular complexity index is 743. The maximum atomic E-state index is 12.5. The molecule has 2 saturated heterocycles. The second kappa shape index (κ2) is 6.09. The molecule has 2 aliphatic rings. The van der Waals surface area contributed by atoms with E-state index < -0.39 is 0 Å². The number of carbonyl (C=O) groups excluding carboxylic acids is 1. The quantitative estimate of drug-likeness (QED) is 0.851. The fraction of sp³-hybridized carbons (Fsp3) is 0.556. The molecule has 2 fully saturated rings. The van der Waals surface area contributed by atoms with Crippen LogP contribution in [0.3, 0.4) is 0 Å². The van der Waals surface area contributed by atoms with Crippen molar-refractivity contribution in [2.45, 2.75) is 25.8 Å². The van der Waals surface area contributed by atoms with E-state index in [9.17, 15) is 4.79 Å². The van der Waals surface area contributed by atoms with Crippen molar-refractivity contribution in [2.24, 2.45) is 0 Å². The first kappa shape index (κ1) is 15.4. The monoisotopic (exact) mass is 328 g/mol. The van der Waals surface area contributed by atoms with Gasteiger partial charge in [-0.2, -0.15) is 0 Å². The number of carbonyl (C=O) groups is 1. The van der Waals surface area contributed by atoms with E-state index in [2.05, 4.69) is 36.6 Å². The van der Waals surface area contributed by atoms with Gasteiger partial charge in [0.15, 0.2) is 0 Å². The van der Waals surface area contributed by atoms with Gasteiger partial charge in [-0.15, -0.1) is 0 Å². The van der Waals surface area contributed by atoms with E-state index in [0.29, 0.717) is 38.3 Å². The number of urea groups is 1. The van der Waals surface area contributed by atoms with Gasteiger partial charge in [0.1, 0.15) is 5.82 Å². The first-order chi connectivity index (χ1) is 11.6. The third-order valence-corrected chi connectivity index (χ3v) is 4.92. The number of benzene rings is 1. The minimum atomic E-state index is 0.144. The Balaban J connectivity index is 1.53. The largest absolute Gasteiger partial charge is 0.378 e. The van der Waals surface area contributed by atoms with E-state index in [1.54, 1.807) is 0 Å². The number of morpholine rings is 1. The molecule has 0 radical (unpaired) electrons. The third-order valence-electron chi connectivity index (χ3n) is 4.92. The second-order valence-corrected chi connectivity index (χ2v) is 6.92. The molecule has 0 aliphatic carbocycles. The molecule has 3 heterocycles. The summed E-state index contributed by atoms with van der Waals surface area (Å²) in [7, 11) is 0. The van der Waals surface area contributed by atoms with Crippen LogP contribution in [0.1, 0.15) is 31.6 Å². The predicted octanol–water partition coefficient (Wildman–Crippen LogP) is 2.47. The third kappa shape index (κ3) is 2.55. The van der Waals surface area contributed by atoms with Gasteiger partial charge in [0, 0.05) is 32.1 Å². The summed E-state index contributed by atoms with van der Waals surface area (Å²) in [5.41, 5.74) is 2.21. The minimum Gasteiger partial charge on any atom is -0.378 e. The average molecular weight is 328 g/mol. The molecule has 2 amide bonds. The van der Waals surface area contributed by atoms with Crippen LogP contribution in [-0.2, 0) is 4.74 Å². The highest BCUT2D eigenvalue weighted by Gasteiger charge is 2.36. The number of ether oxygens (including phenoxy) is 1. The Labute approximate surface area is 142 Å². The molecule has 0 saturated carbocycles. The Morgan fingerprint density at radius 3 is 2.58 bits per heavy atom. The highest BCUT2D eigenvalue weighted by Crippen LogP contribution is 2.31. The number of rotatable bonds is 2.